The molecule has 0 bridgehead atoms. The molecule has 154 valence electrons. The highest BCUT2D eigenvalue weighted by Crippen LogP contribution is 2.17. The molecule has 0 unspecified atom stereocenters. The van der Waals surface area contributed by atoms with Gasteiger partial charge in [-0.1, -0.05) is 15.9 Å². The van der Waals surface area contributed by atoms with Crippen LogP contribution >= 0.6 is 15.9 Å². The third kappa shape index (κ3) is 4.23. The number of nitrogens with zero attached hydrogens (tertiary/aromatic N) is 4. The quantitative estimate of drug-likeness (QED) is 0.589. The largest absolute Gasteiger partial charge is 0.497 e. The lowest BCUT2D eigenvalue weighted by Gasteiger charge is -2.34. The van der Waals surface area contributed by atoms with Crippen LogP contribution in [0.15, 0.2) is 65.4 Å². The first-order valence-electron chi connectivity index (χ1n) is 9.58. The molecule has 4 rings (SSSR count). The molecule has 1 saturated heterocycles. The molecular weight excluding hydrogens is 448 g/mol. The molecule has 1 aliphatic heterocycles. The van der Waals surface area contributed by atoms with Gasteiger partial charge in [0.1, 0.15) is 5.75 Å². The van der Waals surface area contributed by atoms with E-state index in [2.05, 4.69) is 21.0 Å². The minimum absolute atomic E-state index is 0.0344. The second-order valence-electron chi connectivity index (χ2n) is 6.96. The maximum atomic E-state index is 12.9. The third-order valence-electron chi connectivity index (χ3n) is 5.11. The van der Waals surface area contributed by atoms with E-state index in [0.29, 0.717) is 43.1 Å². The first-order valence-corrected chi connectivity index (χ1v) is 10.4. The Bertz CT molecular complexity index is 1040. The number of carbonyl (C=O) groups excluding carboxylic acids is 2. The predicted octanol–water partition coefficient (Wildman–Crippen LogP) is 3.24. The Balaban J connectivity index is 1.37. The molecule has 1 fully saturated rings. The van der Waals surface area contributed by atoms with Gasteiger partial charge >= 0.3 is 0 Å². The van der Waals surface area contributed by atoms with Gasteiger partial charge in [-0.05, 0) is 48.5 Å². The maximum absolute atomic E-state index is 12.9. The molecular formula is C22H21BrN4O3. The molecule has 0 spiro atoms. The lowest BCUT2D eigenvalue weighted by Crippen LogP contribution is -2.50. The second kappa shape index (κ2) is 8.71. The van der Waals surface area contributed by atoms with Crippen molar-refractivity contribution in [2.24, 2.45) is 0 Å². The lowest BCUT2D eigenvalue weighted by molar-refractivity contribution is 0.0535. The summed E-state index contributed by atoms with van der Waals surface area (Å²) in [4.78, 5) is 29.1. The van der Waals surface area contributed by atoms with E-state index in [0.717, 1.165) is 10.2 Å². The van der Waals surface area contributed by atoms with Crippen molar-refractivity contribution in [2.45, 2.75) is 0 Å². The zero-order valence-electron chi connectivity index (χ0n) is 16.5. The molecule has 0 radical (unpaired) electrons. The number of benzene rings is 2. The molecule has 30 heavy (non-hydrogen) atoms. The first-order chi connectivity index (χ1) is 14.5. The molecule has 0 N–H and O–H groups in total. The van der Waals surface area contributed by atoms with Crippen LogP contribution in [0.2, 0.25) is 0 Å². The molecule has 0 atom stereocenters. The fourth-order valence-corrected chi connectivity index (χ4v) is 3.64. The van der Waals surface area contributed by atoms with Crippen LogP contribution in [0.5, 0.6) is 5.75 Å². The highest BCUT2D eigenvalue weighted by molar-refractivity contribution is 9.10. The van der Waals surface area contributed by atoms with Crippen molar-refractivity contribution in [3.8, 4) is 11.4 Å². The average Bonchev–Trinajstić information content (AvgIpc) is 3.29. The van der Waals surface area contributed by atoms with E-state index in [1.807, 2.05) is 24.3 Å². The first kappa shape index (κ1) is 20.2. The van der Waals surface area contributed by atoms with E-state index in [1.54, 1.807) is 58.3 Å². The van der Waals surface area contributed by atoms with Crippen LogP contribution in [0.4, 0.5) is 0 Å². The van der Waals surface area contributed by atoms with Crippen molar-refractivity contribution in [3.63, 3.8) is 0 Å². The number of halogens is 1. The van der Waals surface area contributed by atoms with E-state index in [9.17, 15) is 9.59 Å². The van der Waals surface area contributed by atoms with E-state index in [4.69, 9.17) is 4.74 Å². The molecule has 1 aliphatic rings. The summed E-state index contributed by atoms with van der Waals surface area (Å²) in [6.45, 7) is 1.98. The number of ether oxygens (including phenoxy) is 1. The Kier molecular flexibility index (Phi) is 5.85. The van der Waals surface area contributed by atoms with Gasteiger partial charge in [0.2, 0.25) is 0 Å². The fourth-order valence-electron chi connectivity index (χ4n) is 3.38. The van der Waals surface area contributed by atoms with Crippen molar-refractivity contribution < 1.29 is 14.3 Å². The highest BCUT2D eigenvalue weighted by Gasteiger charge is 2.26. The number of carbonyl (C=O) groups is 2. The Labute approximate surface area is 183 Å². The van der Waals surface area contributed by atoms with E-state index in [1.165, 1.54) is 0 Å². The summed E-state index contributed by atoms with van der Waals surface area (Å²) in [7, 11) is 1.59. The minimum atomic E-state index is -0.0742. The van der Waals surface area contributed by atoms with E-state index in [-0.39, 0.29) is 11.8 Å². The smallest absolute Gasteiger partial charge is 0.257 e. The number of piperazine rings is 1. The lowest BCUT2D eigenvalue weighted by atomic mass is 10.1. The second-order valence-corrected chi connectivity index (χ2v) is 7.88. The van der Waals surface area contributed by atoms with Crippen LogP contribution in [0.1, 0.15) is 20.7 Å². The summed E-state index contributed by atoms with van der Waals surface area (Å²) >= 11 is 3.41. The molecule has 8 heteroatoms. The van der Waals surface area contributed by atoms with Crippen LogP contribution < -0.4 is 4.74 Å². The summed E-state index contributed by atoms with van der Waals surface area (Å²) in [6.07, 6.45) is 3.32. The van der Waals surface area contributed by atoms with Gasteiger partial charge in [-0.3, -0.25) is 9.59 Å². The molecule has 2 amide bonds. The minimum Gasteiger partial charge on any atom is -0.497 e. The zero-order chi connectivity index (χ0) is 21.1. The number of hydrogen-bond donors (Lipinski definition) is 0. The number of methoxy groups -OCH3 is 1. The van der Waals surface area contributed by atoms with Crippen LogP contribution in [0.3, 0.4) is 0 Å². The molecule has 1 aromatic heterocycles. The molecule has 2 heterocycles. The van der Waals surface area contributed by atoms with E-state index >= 15 is 0 Å². The summed E-state index contributed by atoms with van der Waals surface area (Å²) < 4.78 is 7.80. The average molecular weight is 469 g/mol. The van der Waals surface area contributed by atoms with Gasteiger partial charge in [-0.15, -0.1) is 0 Å². The highest BCUT2D eigenvalue weighted by atomic mass is 79.9. The van der Waals surface area contributed by atoms with Crippen LogP contribution in [0, 0.1) is 0 Å². The van der Waals surface area contributed by atoms with E-state index < -0.39 is 0 Å². The molecule has 0 saturated carbocycles. The summed E-state index contributed by atoms with van der Waals surface area (Å²) in [6, 6.07) is 14.8. The van der Waals surface area contributed by atoms with Crippen LogP contribution in [-0.2, 0) is 0 Å². The molecule has 3 aromatic rings. The standard InChI is InChI=1S/C22H21BrN4O3/c1-30-20-8-2-16(3-9-20)21(28)25-10-12-26(13-11-25)22(29)17-14-24-27(15-17)19-6-4-18(23)5-7-19/h2-9,14-15H,10-13H2,1H3. The number of amides is 2. The molecule has 0 aliphatic carbocycles. The SMILES string of the molecule is COc1ccc(C(=O)N2CCN(C(=O)c3cnn(-c4ccc(Br)cc4)c3)CC2)cc1. The number of rotatable bonds is 4. The number of aromatic nitrogens is 2. The van der Waals surface area contributed by atoms with Crippen LogP contribution in [-0.4, -0.2) is 64.7 Å². The molecule has 7 nitrogen and oxygen atoms in total. The van der Waals surface area contributed by atoms with Crippen LogP contribution in [0.25, 0.3) is 5.69 Å². The van der Waals surface area contributed by atoms with Crippen molar-refractivity contribution in [1.29, 1.82) is 0 Å². The summed E-state index contributed by atoms with van der Waals surface area (Å²) in [5, 5.41) is 4.31. The Morgan fingerprint density at radius 3 is 2.00 bits per heavy atom. The van der Waals surface area contributed by atoms with Crippen molar-refractivity contribution in [1.82, 2.24) is 19.6 Å². The van der Waals surface area contributed by atoms with Crippen molar-refractivity contribution >= 4 is 27.7 Å². The normalized spacial score (nSPS) is 13.9. The maximum Gasteiger partial charge on any atom is 0.257 e. The number of hydrogen-bond acceptors (Lipinski definition) is 4. The van der Waals surface area contributed by atoms with Crippen molar-refractivity contribution in [3.05, 3.63) is 76.5 Å². The Morgan fingerprint density at radius 2 is 1.43 bits per heavy atom. The fraction of sp³-hybridized carbons (Fsp3) is 0.227. The zero-order valence-corrected chi connectivity index (χ0v) is 18.1. The molecule has 2 aromatic carbocycles. The van der Waals surface area contributed by atoms with Gasteiger partial charge in [0.05, 0.1) is 24.6 Å². The van der Waals surface area contributed by atoms with Gasteiger partial charge < -0.3 is 14.5 Å². The van der Waals surface area contributed by atoms with Gasteiger partial charge in [-0.25, -0.2) is 4.68 Å². The predicted molar refractivity (Wildman–Crippen MR) is 116 cm³/mol. The summed E-state index contributed by atoms with van der Waals surface area (Å²) in [5.74, 6) is 0.605. The van der Waals surface area contributed by atoms with Gasteiger partial charge in [0.25, 0.3) is 11.8 Å². The van der Waals surface area contributed by atoms with Gasteiger partial charge in [-0.2, -0.15) is 5.10 Å². The van der Waals surface area contributed by atoms with Crippen molar-refractivity contribution in [2.75, 3.05) is 33.3 Å². The third-order valence-corrected chi connectivity index (χ3v) is 5.64. The van der Waals surface area contributed by atoms with Gasteiger partial charge in [0.15, 0.2) is 0 Å². The van der Waals surface area contributed by atoms with Gasteiger partial charge in [0, 0.05) is 42.4 Å². The topological polar surface area (TPSA) is 67.7 Å². The Hall–Kier alpha value is -3.13. The monoisotopic (exact) mass is 468 g/mol. The Morgan fingerprint density at radius 1 is 0.867 bits per heavy atom. The summed E-state index contributed by atoms with van der Waals surface area (Å²) in [5.41, 5.74) is 2.03.